The Morgan fingerprint density at radius 2 is 0.424 bits per heavy atom. The van der Waals surface area contributed by atoms with Crippen molar-refractivity contribution >= 4 is 0 Å². The molecule has 0 N–H and O–H groups in total. The summed E-state index contributed by atoms with van der Waals surface area (Å²) >= 11 is 0. The molecule has 0 aliphatic heterocycles. The van der Waals surface area contributed by atoms with Crippen LogP contribution in [0.5, 0.6) is 0 Å². The van der Waals surface area contributed by atoms with E-state index >= 15 is 0 Å². The number of pyridine rings is 2. The zero-order valence-electron chi connectivity index (χ0n) is 69.1. The molecule has 0 saturated carbocycles. The Morgan fingerprint density at radius 3 is 0.720 bits per heavy atom. The standard InChI is InChI=1S/C110H94N8/c1-107(2,3)87-53-57-111-99(65-87)75-41-33-71(34-42-75)89-23-13-17-27-93(89)81-59-82(94-28-18-14-24-90(94)72-35-43-76(44-36-72)100-66-88(54-58-112-100)108(4,5)6)62-85(61-81)97-31-21-32-98(105(97)79-49-51-80(52-50-79)106-113-55-22-56-114-106)86-63-83(95-29-19-15-25-91(95)73-37-45-77(46-38-73)101-67-103(109(7,8)9)117-69-115-101)60-84(64-86)96-30-20-16-26-92(96)74-39-47-78(48-40-74)102-68-104(110(10,11)12)118-70-116-102/h13-70H,1-12H3. The molecule has 8 heteroatoms. The van der Waals surface area contributed by atoms with Gasteiger partial charge in [-0.1, -0.05) is 320 Å². The molecule has 12 aromatic carbocycles. The first-order valence-corrected chi connectivity index (χ1v) is 40.7. The van der Waals surface area contributed by atoms with Crippen LogP contribution in [-0.2, 0) is 21.7 Å². The van der Waals surface area contributed by atoms with Crippen molar-refractivity contribution in [3.8, 4) is 179 Å². The van der Waals surface area contributed by atoms with Crippen molar-refractivity contribution in [1.29, 1.82) is 0 Å². The Morgan fingerprint density at radius 1 is 0.169 bits per heavy atom. The lowest BCUT2D eigenvalue weighted by atomic mass is 9.82. The van der Waals surface area contributed by atoms with Gasteiger partial charge in [0.25, 0.3) is 0 Å². The van der Waals surface area contributed by atoms with E-state index in [4.69, 9.17) is 29.9 Å². The van der Waals surface area contributed by atoms with E-state index in [1.807, 2.05) is 18.5 Å². The summed E-state index contributed by atoms with van der Waals surface area (Å²) in [6, 6.07) is 116. The predicted molar refractivity (Wildman–Crippen MR) is 491 cm³/mol. The quantitative estimate of drug-likeness (QED) is 0.0943. The largest absolute Gasteiger partial charge is 0.256 e. The minimum Gasteiger partial charge on any atom is -0.256 e. The van der Waals surface area contributed by atoms with E-state index in [1.165, 1.54) is 11.1 Å². The molecule has 8 nitrogen and oxygen atoms in total. The van der Waals surface area contributed by atoms with E-state index in [9.17, 15) is 0 Å². The zero-order valence-corrected chi connectivity index (χ0v) is 69.1. The van der Waals surface area contributed by atoms with Crippen molar-refractivity contribution in [3.63, 3.8) is 0 Å². The van der Waals surface area contributed by atoms with Gasteiger partial charge < -0.3 is 0 Å². The monoisotopic (exact) mass is 1530 g/mol. The van der Waals surface area contributed by atoms with Crippen molar-refractivity contribution in [2.75, 3.05) is 0 Å². The minimum absolute atomic E-state index is 0.0229. The van der Waals surface area contributed by atoms with Crippen LogP contribution >= 0.6 is 0 Å². The molecule has 0 saturated heterocycles. The average molecular weight is 1530 g/mol. The van der Waals surface area contributed by atoms with Gasteiger partial charge in [0.2, 0.25) is 0 Å². The van der Waals surface area contributed by atoms with Crippen LogP contribution in [-0.4, -0.2) is 39.9 Å². The second kappa shape index (κ2) is 31.8. The first-order chi connectivity index (χ1) is 57.0. The van der Waals surface area contributed by atoms with E-state index in [1.54, 1.807) is 25.0 Å². The molecule has 0 spiro atoms. The average Bonchev–Trinajstić information content (AvgIpc) is 0.751. The van der Waals surface area contributed by atoms with Crippen LogP contribution in [0.3, 0.4) is 0 Å². The molecule has 17 aromatic rings. The Bertz CT molecular complexity index is 5860. The fourth-order valence-corrected chi connectivity index (χ4v) is 16.0. The van der Waals surface area contributed by atoms with Gasteiger partial charge in [0.15, 0.2) is 5.82 Å². The fraction of sp³-hybridized carbons (Fsp3) is 0.145. The highest BCUT2D eigenvalue weighted by Crippen LogP contribution is 2.49. The van der Waals surface area contributed by atoms with E-state index in [-0.39, 0.29) is 21.7 Å². The van der Waals surface area contributed by atoms with Gasteiger partial charge in [-0.2, -0.15) is 0 Å². The third kappa shape index (κ3) is 16.2. The van der Waals surface area contributed by atoms with Gasteiger partial charge in [-0.15, -0.1) is 0 Å². The van der Waals surface area contributed by atoms with Gasteiger partial charge in [-0.25, -0.2) is 29.9 Å². The summed E-state index contributed by atoms with van der Waals surface area (Å²) < 4.78 is 0. The van der Waals surface area contributed by atoms with Crippen LogP contribution in [0.1, 0.15) is 106 Å². The Kier molecular flexibility index (Phi) is 20.7. The van der Waals surface area contributed by atoms with Crippen LogP contribution in [0.2, 0.25) is 0 Å². The number of benzene rings is 12. The highest BCUT2D eigenvalue weighted by Gasteiger charge is 2.25. The fourth-order valence-electron chi connectivity index (χ4n) is 16.0. The molecule has 5 heterocycles. The predicted octanol–water partition coefficient (Wildman–Crippen LogP) is 28.7. The van der Waals surface area contributed by atoms with Crippen LogP contribution in [0, 0.1) is 0 Å². The molecular formula is C110H94N8. The zero-order chi connectivity index (χ0) is 81.5. The number of aromatic nitrogens is 8. The SMILES string of the molecule is CC(C)(C)c1ccnc(-c2ccc(-c3ccccc3-c3cc(-c4ccccc4-c4ccc(-c5cc(C(C)(C)C)ccn5)cc4)cc(-c4cccc(-c5cc(-c6ccccc6-c6ccc(-c7cc(C(C)(C)C)ncn7)cc6)cc(-c6ccccc6-c6ccc(-c7cc(C(C)(C)C)ncn7)cc6)c5)c4-c4ccc(-c5ncccn5)cc4)c3)cc2)c1. The molecule has 0 unspecified atom stereocenters. The summed E-state index contributed by atoms with van der Waals surface area (Å²) in [7, 11) is 0. The molecule has 0 radical (unpaired) electrons. The summed E-state index contributed by atoms with van der Waals surface area (Å²) in [6.45, 7) is 26.6. The minimum atomic E-state index is -0.134. The first kappa shape index (κ1) is 76.8. The second-order valence-electron chi connectivity index (χ2n) is 34.9. The summed E-state index contributed by atoms with van der Waals surface area (Å²) in [4.78, 5) is 38.1. The molecule has 0 aliphatic rings. The van der Waals surface area contributed by atoms with Gasteiger partial charge in [0, 0.05) is 74.8 Å². The topological polar surface area (TPSA) is 103 Å². The number of nitrogens with zero attached hydrogens (tertiary/aromatic N) is 8. The molecule has 118 heavy (non-hydrogen) atoms. The highest BCUT2D eigenvalue weighted by atomic mass is 14.9. The lowest BCUT2D eigenvalue weighted by Crippen LogP contribution is -2.13. The van der Waals surface area contributed by atoms with Crippen molar-refractivity contribution in [2.45, 2.75) is 105 Å². The Labute approximate surface area is 694 Å². The van der Waals surface area contributed by atoms with Crippen LogP contribution in [0.4, 0.5) is 0 Å². The van der Waals surface area contributed by atoms with Crippen LogP contribution in [0.15, 0.2) is 353 Å². The second-order valence-corrected chi connectivity index (χ2v) is 34.9. The molecule has 0 fully saturated rings. The van der Waals surface area contributed by atoms with Gasteiger partial charge in [0.05, 0.1) is 22.8 Å². The summed E-state index contributed by atoms with van der Waals surface area (Å²) in [5, 5.41) is 0. The van der Waals surface area contributed by atoms with Gasteiger partial charge in [-0.3, -0.25) is 9.97 Å². The van der Waals surface area contributed by atoms with Crippen LogP contribution in [0.25, 0.3) is 179 Å². The van der Waals surface area contributed by atoms with E-state index in [0.717, 1.165) is 184 Å². The molecular weight excluding hydrogens is 1430 g/mol. The van der Waals surface area contributed by atoms with Crippen molar-refractivity contribution in [2.24, 2.45) is 0 Å². The third-order valence-electron chi connectivity index (χ3n) is 22.6. The number of hydrogen-bond donors (Lipinski definition) is 0. The molecule has 0 bridgehead atoms. The van der Waals surface area contributed by atoms with Crippen molar-refractivity contribution in [1.82, 2.24) is 39.9 Å². The first-order valence-electron chi connectivity index (χ1n) is 40.7. The van der Waals surface area contributed by atoms with E-state index in [0.29, 0.717) is 5.82 Å². The Balaban J connectivity index is 0.877. The van der Waals surface area contributed by atoms with Gasteiger partial charge in [0.1, 0.15) is 12.7 Å². The lowest BCUT2D eigenvalue weighted by molar-refractivity contribution is 0.567. The molecule has 17 rings (SSSR count). The molecule has 0 aliphatic carbocycles. The van der Waals surface area contributed by atoms with E-state index < -0.39 is 0 Å². The smallest absolute Gasteiger partial charge is 0.159 e. The molecule has 5 aromatic heterocycles. The van der Waals surface area contributed by atoms with Crippen LogP contribution < -0.4 is 0 Å². The number of hydrogen-bond acceptors (Lipinski definition) is 8. The molecule has 0 amide bonds. The normalized spacial score (nSPS) is 11.9. The molecule has 574 valence electrons. The highest BCUT2D eigenvalue weighted by molar-refractivity contribution is 6.01. The maximum Gasteiger partial charge on any atom is 0.159 e. The van der Waals surface area contributed by atoms with E-state index in [2.05, 4.69) is 402 Å². The maximum atomic E-state index is 4.88. The van der Waals surface area contributed by atoms with Crippen molar-refractivity contribution in [3.05, 3.63) is 375 Å². The lowest BCUT2D eigenvalue weighted by Gasteiger charge is -2.21. The van der Waals surface area contributed by atoms with Crippen molar-refractivity contribution < 1.29 is 0 Å². The summed E-state index contributed by atoms with van der Waals surface area (Å²) in [5.74, 6) is 0.658. The van der Waals surface area contributed by atoms with Gasteiger partial charge >= 0.3 is 0 Å². The maximum absolute atomic E-state index is 4.88. The summed E-state index contributed by atoms with van der Waals surface area (Å²) in [6.07, 6.45) is 10.8. The Hall–Kier alpha value is -13.8. The number of rotatable bonds is 16. The third-order valence-corrected chi connectivity index (χ3v) is 22.6. The van der Waals surface area contributed by atoms with Gasteiger partial charge in [-0.05, 0) is 223 Å². The molecule has 0 atom stereocenters. The summed E-state index contributed by atoms with van der Waals surface area (Å²) in [5.41, 5.74) is 36.8.